The number of halogens is 2. The molecule has 1 aromatic carbocycles. The van der Waals surface area contributed by atoms with Crippen LogP contribution in [0.5, 0.6) is 0 Å². The van der Waals surface area contributed by atoms with Crippen LogP contribution in [-0.4, -0.2) is 34.3 Å². The van der Waals surface area contributed by atoms with Crippen LogP contribution in [0.15, 0.2) is 30.5 Å². The van der Waals surface area contributed by atoms with Gasteiger partial charge in [-0.25, -0.2) is 4.68 Å². The van der Waals surface area contributed by atoms with Crippen LogP contribution in [0.4, 0.5) is 0 Å². The molecule has 7 heteroatoms. The number of nitrogens with one attached hydrogen (secondary N) is 2. The van der Waals surface area contributed by atoms with Crippen molar-refractivity contribution in [3.05, 3.63) is 46.7 Å². The van der Waals surface area contributed by atoms with Gasteiger partial charge >= 0.3 is 0 Å². The van der Waals surface area contributed by atoms with E-state index in [4.69, 9.17) is 11.6 Å². The number of benzene rings is 1. The van der Waals surface area contributed by atoms with Gasteiger partial charge in [0, 0.05) is 17.1 Å². The van der Waals surface area contributed by atoms with Crippen LogP contribution in [0.25, 0.3) is 5.69 Å². The lowest BCUT2D eigenvalue weighted by atomic mass is 9.99. The Morgan fingerprint density at radius 1 is 1.46 bits per heavy atom. The van der Waals surface area contributed by atoms with Gasteiger partial charge in [-0.1, -0.05) is 17.7 Å². The second-order valence-electron chi connectivity index (χ2n) is 6.00. The van der Waals surface area contributed by atoms with Gasteiger partial charge in [0.25, 0.3) is 5.91 Å². The number of hydrogen-bond acceptors (Lipinski definition) is 3. The molecule has 1 aliphatic rings. The number of nitrogens with zero attached hydrogens (tertiary/aromatic N) is 2. The number of hydrogen-bond donors (Lipinski definition) is 2. The Morgan fingerprint density at radius 3 is 2.96 bits per heavy atom. The smallest absolute Gasteiger partial charge is 0.255 e. The van der Waals surface area contributed by atoms with Crippen LogP contribution in [0.1, 0.15) is 35.8 Å². The van der Waals surface area contributed by atoms with E-state index in [1.165, 1.54) is 0 Å². The molecular weight excluding hydrogens is 347 g/mol. The minimum atomic E-state index is -0.0728. The minimum absolute atomic E-state index is 0. The average Bonchev–Trinajstić information content (AvgIpc) is 2.91. The van der Waals surface area contributed by atoms with Gasteiger partial charge < -0.3 is 10.6 Å². The molecule has 2 atom stereocenters. The van der Waals surface area contributed by atoms with Crippen molar-refractivity contribution in [2.24, 2.45) is 0 Å². The lowest BCUT2D eigenvalue weighted by Gasteiger charge is -2.30. The van der Waals surface area contributed by atoms with E-state index in [0.717, 1.165) is 30.8 Å². The molecule has 1 saturated heterocycles. The number of amides is 1. The van der Waals surface area contributed by atoms with Crippen LogP contribution < -0.4 is 10.6 Å². The van der Waals surface area contributed by atoms with Crippen molar-refractivity contribution < 1.29 is 4.79 Å². The van der Waals surface area contributed by atoms with Gasteiger partial charge in [-0.05, 0) is 51.4 Å². The van der Waals surface area contributed by atoms with Gasteiger partial charge in [-0.2, -0.15) is 5.10 Å². The highest BCUT2D eigenvalue weighted by Gasteiger charge is 2.24. The maximum Gasteiger partial charge on any atom is 0.255 e. The van der Waals surface area contributed by atoms with Crippen molar-refractivity contribution in [1.82, 2.24) is 20.4 Å². The summed E-state index contributed by atoms with van der Waals surface area (Å²) in [5.74, 6) is -0.0728. The molecular formula is C17H22Cl2N4O. The van der Waals surface area contributed by atoms with Crippen molar-refractivity contribution >= 4 is 29.9 Å². The van der Waals surface area contributed by atoms with E-state index in [2.05, 4.69) is 22.7 Å². The monoisotopic (exact) mass is 368 g/mol. The Labute approximate surface area is 153 Å². The van der Waals surface area contributed by atoms with Crippen LogP contribution in [0, 0.1) is 6.92 Å². The fourth-order valence-electron chi connectivity index (χ4n) is 2.99. The predicted molar refractivity (Wildman–Crippen MR) is 98.5 cm³/mol. The van der Waals surface area contributed by atoms with Gasteiger partial charge in [0.05, 0.1) is 23.1 Å². The van der Waals surface area contributed by atoms with Crippen molar-refractivity contribution in [3.63, 3.8) is 0 Å². The third-order valence-corrected chi connectivity index (χ3v) is 4.62. The summed E-state index contributed by atoms with van der Waals surface area (Å²) in [4.78, 5) is 12.6. The molecule has 3 rings (SSSR count). The van der Waals surface area contributed by atoms with E-state index in [1.54, 1.807) is 10.9 Å². The molecule has 0 saturated carbocycles. The highest BCUT2D eigenvalue weighted by molar-refractivity contribution is 6.30. The molecule has 5 nitrogen and oxygen atoms in total. The Bertz CT molecular complexity index is 716. The van der Waals surface area contributed by atoms with Crippen molar-refractivity contribution in [2.75, 3.05) is 6.54 Å². The summed E-state index contributed by atoms with van der Waals surface area (Å²) < 4.78 is 1.74. The Balaban J connectivity index is 0.00000208. The zero-order valence-corrected chi connectivity index (χ0v) is 15.3. The van der Waals surface area contributed by atoms with Crippen LogP contribution in [0.3, 0.4) is 0 Å². The molecule has 0 spiro atoms. The molecule has 2 heterocycles. The number of piperidine rings is 1. The fourth-order valence-corrected chi connectivity index (χ4v) is 3.17. The first-order valence-electron chi connectivity index (χ1n) is 7.91. The number of carbonyl (C=O) groups is 1. The van der Waals surface area contributed by atoms with Gasteiger partial charge in [-0.15, -0.1) is 12.4 Å². The van der Waals surface area contributed by atoms with Crippen LogP contribution in [-0.2, 0) is 0 Å². The molecule has 1 amide bonds. The van der Waals surface area contributed by atoms with E-state index in [-0.39, 0.29) is 30.4 Å². The maximum atomic E-state index is 12.6. The van der Waals surface area contributed by atoms with Crippen LogP contribution in [0.2, 0.25) is 5.02 Å². The van der Waals surface area contributed by atoms with Gasteiger partial charge in [0.15, 0.2) is 0 Å². The molecule has 24 heavy (non-hydrogen) atoms. The summed E-state index contributed by atoms with van der Waals surface area (Å²) >= 11 is 6.03. The largest absolute Gasteiger partial charge is 0.348 e. The molecule has 1 aliphatic heterocycles. The standard InChI is InChI=1S/C17H21ClN4O.ClH/c1-11-16(7-4-8-19-11)21-17(23)15-10-20-22(12(15)2)14-6-3-5-13(18)9-14;/h3,5-6,9-11,16,19H,4,7-8H2,1-2H3,(H,21,23);1H. The zero-order chi connectivity index (χ0) is 16.4. The lowest BCUT2D eigenvalue weighted by Crippen LogP contribution is -2.51. The number of carbonyl (C=O) groups excluding carboxylic acids is 1. The van der Waals surface area contributed by atoms with Gasteiger partial charge in [-0.3, -0.25) is 4.79 Å². The normalized spacial score (nSPS) is 20.3. The second kappa shape index (κ2) is 8.01. The molecule has 2 unspecified atom stereocenters. The first-order chi connectivity index (χ1) is 11.1. The summed E-state index contributed by atoms with van der Waals surface area (Å²) in [7, 11) is 0. The molecule has 0 aliphatic carbocycles. The molecule has 1 aromatic heterocycles. The second-order valence-corrected chi connectivity index (χ2v) is 6.44. The van der Waals surface area contributed by atoms with E-state index in [1.807, 2.05) is 31.2 Å². The fraction of sp³-hybridized carbons (Fsp3) is 0.412. The van der Waals surface area contributed by atoms with Crippen molar-refractivity contribution in [1.29, 1.82) is 0 Å². The Hall–Kier alpha value is -1.56. The molecule has 2 N–H and O–H groups in total. The van der Waals surface area contributed by atoms with E-state index >= 15 is 0 Å². The third-order valence-electron chi connectivity index (χ3n) is 4.39. The number of rotatable bonds is 3. The van der Waals surface area contributed by atoms with Gasteiger partial charge in [0.1, 0.15) is 0 Å². The summed E-state index contributed by atoms with van der Waals surface area (Å²) in [6.45, 7) is 5.01. The quantitative estimate of drug-likeness (QED) is 0.874. The van der Waals surface area contributed by atoms with Crippen molar-refractivity contribution in [2.45, 2.75) is 38.8 Å². The average molecular weight is 369 g/mol. The first kappa shape index (κ1) is 18.8. The molecule has 0 bridgehead atoms. The topological polar surface area (TPSA) is 59.0 Å². The summed E-state index contributed by atoms with van der Waals surface area (Å²) in [6.07, 6.45) is 3.70. The van der Waals surface area contributed by atoms with E-state index in [9.17, 15) is 4.79 Å². The summed E-state index contributed by atoms with van der Waals surface area (Å²) in [6, 6.07) is 7.88. The maximum absolute atomic E-state index is 12.6. The van der Waals surface area contributed by atoms with Gasteiger partial charge in [0.2, 0.25) is 0 Å². The molecule has 2 aromatic rings. The SMILES string of the molecule is Cc1c(C(=O)NC2CCCNC2C)cnn1-c1cccc(Cl)c1.Cl. The highest BCUT2D eigenvalue weighted by atomic mass is 35.5. The zero-order valence-electron chi connectivity index (χ0n) is 13.8. The van der Waals surface area contributed by atoms with E-state index < -0.39 is 0 Å². The summed E-state index contributed by atoms with van der Waals surface area (Å²) in [5.41, 5.74) is 2.26. The Morgan fingerprint density at radius 2 is 2.25 bits per heavy atom. The molecule has 130 valence electrons. The van der Waals surface area contributed by atoms with E-state index in [0.29, 0.717) is 10.6 Å². The number of aromatic nitrogens is 2. The Kier molecular flexibility index (Phi) is 6.27. The highest BCUT2D eigenvalue weighted by Crippen LogP contribution is 2.18. The lowest BCUT2D eigenvalue weighted by molar-refractivity contribution is 0.0919. The third kappa shape index (κ3) is 3.91. The minimum Gasteiger partial charge on any atom is -0.348 e. The predicted octanol–water partition coefficient (Wildman–Crippen LogP) is 3.13. The molecule has 0 radical (unpaired) electrons. The summed E-state index contributed by atoms with van der Waals surface area (Å²) in [5, 5.41) is 11.5. The van der Waals surface area contributed by atoms with Crippen molar-refractivity contribution in [3.8, 4) is 5.69 Å². The van der Waals surface area contributed by atoms with Crippen LogP contribution >= 0.6 is 24.0 Å². The first-order valence-corrected chi connectivity index (χ1v) is 8.29. The molecule has 1 fully saturated rings.